The van der Waals surface area contributed by atoms with Crippen molar-refractivity contribution in [3.63, 3.8) is 0 Å². The molecular weight excluding hydrogens is 642 g/mol. The molecule has 260 valence electrons. The quantitative estimate of drug-likeness (QED) is 0.155. The molecule has 0 spiro atoms. The second kappa shape index (κ2) is 16.8. The maximum Gasteiger partial charge on any atom is 0.251 e. The second-order valence-electron chi connectivity index (χ2n) is 12.3. The molecule has 1 fully saturated rings. The minimum Gasteiger partial charge on any atom is -0.497 e. The zero-order valence-corrected chi connectivity index (χ0v) is 28.5. The van der Waals surface area contributed by atoms with Crippen LogP contribution in [0.4, 0.5) is 14.5 Å². The Morgan fingerprint density at radius 2 is 1.75 bits per heavy atom. The number of ether oxygens (including phenoxy) is 1. The zero-order valence-electron chi connectivity index (χ0n) is 27.7. The molecular formula is C35H44F2N4O6S. The Morgan fingerprint density at radius 1 is 1.02 bits per heavy atom. The van der Waals surface area contributed by atoms with Crippen LogP contribution in [0.5, 0.6) is 5.75 Å². The third kappa shape index (κ3) is 10.5. The predicted molar refractivity (Wildman–Crippen MR) is 182 cm³/mol. The molecule has 0 bridgehead atoms. The number of amides is 1. The van der Waals surface area contributed by atoms with Gasteiger partial charge in [-0.3, -0.25) is 9.10 Å². The lowest BCUT2D eigenvalue weighted by Gasteiger charge is -2.29. The zero-order chi connectivity index (χ0) is 34.8. The van der Waals surface area contributed by atoms with Gasteiger partial charge in [-0.1, -0.05) is 31.1 Å². The van der Waals surface area contributed by atoms with Gasteiger partial charge in [0.05, 0.1) is 36.4 Å². The van der Waals surface area contributed by atoms with Crippen LogP contribution in [0.15, 0.2) is 65.8 Å². The first-order valence-electron chi connectivity index (χ1n) is 15.9. The number of nitrogens with one attached hydrogen (secondary N) is 2. The van der Waals surface area contributed by atoms with Gasteiger partial charge in [-0.05, 0) is 85.7 Å². The van der Waals surface area contributed by atoms with E-state index in [4.69, 9.17) is 9.57 Å². The molecule has 1 saturated heterocycles. The van der Waals surface area contributed by atoms with Crippen molar-refractivity contribution in [2.75, 3.05) is 36.9 Å². The number of carbonyl (C=O) groups is 1. The van der Waals surface area contributed by atoms with Gasteiger partial charge in [-0.15, -0.1) is 0 Å². The smallest absolute Gasteiger partial charge is 0.251 e. The number of halogens is 2. The minimum atomic E-state index is -3.61. The van der Waals surface area contributed by atoms with E-state index < -0.39 is 39.7 Å². The summed E-state index contributed by atoms with van der Waals surface area (Å²) in [4.78, 5) is 19.3. The summed E-state index contributed by atoms with van der Waals surface area (Å²) < 4.78 is 60.8. The van der Waals surface area contributed by atoms with Crippen LogP contribution >= 0.6 is 0 Å². The average molecular weight is 687 g/mol. The Bertz CT molecular complexity index is 1680. The highest BCUT2D eigenvalue weighted by Gasteiger charge is 2.28. The molecule has 1 heterocycles. The van der Waals surface area contributed by atoms with Crippen molar-refractivity contribution < 1.29 is 36.7 Å². The lowest BCUT2D eigenvalue weighted by atomic mass is 9.99. The van der Waals surface area contributed by atoms with Gasteiger partial charge < -0.3 is 25.3 Å². The Hall–Kier alpha value is -4.07. The molecule has 13 heteroatoms. The number of nitrogens with zero attached hydrogens (tertiary/aromatic N) is 2. The number of aliphatic hydroxyl groups excluding tert-OH is 1. The molecule has 0 aliphatic carbocycles. The SMILES string of the molecule is COc1cccc(CNC[C@@H](O)[C@H](Cc2cc(F)cc(F)c2)NC(=O)c2cc(/C(C)=N/OCC(C)C)cc(N3CCCCS3(=O)=O)c2)c1. The Morgan fingerprint density at radius 3 is 2.44 bits per heavy atom. The molecule has 3 aromatic carbocycles. The van der Waals surface area contributed by atoms with E-state index in [1.54, 1.807) is 26.2 Å². The topological polar surface area (TPSA) is 130 Å². The molecule has 4 rings (SSSR count). The van der Waals surface area contributed by atoms with Gasteiger partial charge in [0, 0.05) is 36.8 Å². The molecule has 0 radical (unpaired) electrons. The maximum atomic E-state index is 14.1. The monoisotopic (exact) mass is 686 g/mol. The van der Waals surface area contributed by atoms with E-state index in [-0.39, 0.29) is 42.3 Å². The van der Waals surface area contributed by atoms with Gasteiger partial charge >= 0.3 is 0 Å². The second-order valence-corrected chi connectivity index (χ2v) is 14.4. The molecule has 10 nitrogen and oxygen atoms in total. The molecule has 0 saturated carbocycles. The van der Waals surface area contributed by atoms with E-state index in [9.17, 15) is 27.1 Å². The molecule has 48 heavy (non-hydrogen) atoms. The normalized spacial score (nSPS) is 16.0. The maximum absolute atomic E-state index is 14.1. The van der Waals surface area contributed by atoms with Gasteiger partial charge in [-0.25, -0.2) is 17.2 Å². The third-order valence-electron chi connectivity index (χ3n) is 7.82. The number of methoxy groups -OCH3 is 1. The molecule has 0 unspecified atom stereocenters. The summed E-state index contributed by atoms with van der Waals surface area (Å²) in [5, 5.41) is 21.5. The number of anilines is 1. The molecule has 0 aromatic heterocycles. The number of benzene rings is 3. The number of oxime groups is 1. The van der Waals surface area contributed by atoms with Crippen molar-refractivity contribution in [1.29, 1.82) is 0 Å². The largest absolute Gasteiger partial charge is 0.497 e. The van der Waals surface area contributed by atoms with Gasteiger partial charge in [0.2, 0.25) is 10.0 Å². The van der Waals surface area contributed by atoms with Crippen molar-refractivity contribution in [3.05, 3.63) is 94.6 Å². The first-order chi connectivity index (χ1) is 22.8. The summed E-state index contributed by atoms with van der Waals surface area (Å²) >= 11 is 0. The van der Waals surface area contributed by atoms with Crippen LogP contribution < -0.4 is 19.7 Å². The number of sulfonamides is 1. The van der Waals surface area contributed by atoms with Gasteiger partial charge in [0.15, 0.2) is 0 Å². The molecule has 2 atom stereocenters. The van der Waals surface area contributed by atoms with Crippen molar-refractivity contribution in [1.82, 2.24) is 10.6 Å². The summed E-state index contributed by atoms with van der Waals surface area (Å²) in [6, 6.07) is 14.2. The van der Waals surface area contributed by atoms with Crippen molar-refractivity contribution in [3.8, 4) is 5.75 Å². The fourth-order valence-corrected chi connectivity index (χ4v) is 6.94. The van der Waals surface area contributed by atoms with E-state index in [1.807, 2.05) is 38.1 Å². The van der Waals surface area contributed by atoms with Crippen molar-refractivity contribution in [2.24, 2.45) is 11.1 Å². The van der Waals surface area contributed by atoms with Crippen LogP contribution in [0, 0.1) is 17.6 Å². The Labute approximate surface area is 281 Å². The Balaban J connectivity index is 1.62. The average Bonchev–Trinajstić information content (AvgIpc) is 3.03. The number of rotatable bonds is 15. The molecule has 1 amide bonds. The van der Waals surface area contributed by atoms with E-state index in [1.165, 1.54) is 10.4 Å². The van der Waals surface area contributed by atoms with Crippen molar-refractivity contribution in [2.45, 2.75) is 58.7 Å². The molecule has 1 aliphatic rings. The van der Waals surface area contributed by atoms with Crippen LogP contribution in [-0.4, -0.2) is 69.8 Å². The van der Waals surface area contributed by atoms with Gasteiger partial charge in [0.25, 0.3) is 5.91 Å². The number of hydrogen-bond acceptors (Lipinski definition) is 8. The van der Waals surface area contributed by atoms with E-state index in [0.29, 0.717) is 48.7 Å². The number of aliphatic hydroxyl groups is 1. The van der Waals surface area contributed by atoms with Crippen LogP contribution in [0.25, 0.3) is 0 Å². The minimum absolute atomic E-state index is 0.00937. The highest BCUT2D eigenvalue weighted by atomic mass is 32.2. The van der Waals surface area contributed by atoms with Crippen LogP contribution in [0.2, 0.25) is 0 Å². The third-order valence-corrected chi connectivity index (χ3v) is 9.69. The molecule has 3 aromatic rings. The van der Waals surface area contributed by atoms with E-state index in [0.717, 1.165) is 23.8 Å². The highest BCUT2D eigenvalue weighted by Crippen LogP contribution is 2.27. The summed E-state index contributed by atoms with van der Waals surface area (Å²) in [5.41, 5.74) is 2.49. The van der Waals surface area contributed by atoms with E-state index >= 15 is 0 Å². The number of carbonyl (C=O) groups excluding carboxylic acids is 1. The summed E-state index contributed by atoms with van der Waals surface area (Å²) in [6.45, 7) is 6.71. The van der Waals surface area contributed by atoms with Crippen molar-refractivity contribution >= 4 is 27.3 Å². The summed E-state index contributed by atoms with van der Waals surface area (Å²) in [5.74, 6) is -1.28. The predicted octanol–water partition coefficient (Wildman–Crippen LogP) is 4.79. The molecule has 1 aliphatic heterocycles. The van der Waals surface area contributed by atoms with Crippen LogP contribution in [0.3, 0.4) is 0 Å². The van der Waals surface area contributed by atoms with Gasteiger partial charge in [0.1, 0.15) is 24.0 Å². The van der Waals surface area contributed by atoms with E-state index in [2.05, 4.69) is 15.8 Å². The summed E-state index contributed by atoms with van der Waals surface area (Å²) in [7, 11) is -2.04. The lowest BCUT2D eigenvalue weighted by Crippen LogP contribution is -2.48. The lowest BCUT2D eigenvalue weighted by molar-refractivity contribution is 0.0829. The van der Waals surface area contributed by atoms with Crippen LogP contribution in [-0.2, 0) is 27.8 Å². The standard InChI is InChI=1S/C35H44F2N4O6S/c1-23(2)22-47-40-24(3)27-16-28(18-31(17-27)41-10-5-6-11-48(41,44)45)35(43)39-33(15-26-12-29(36)19-30(37)13-26)34(42)21-38-20-25-8-7-9-32(14-25)46-4/h7-9,12-14,16-19,23,33-34,38,42H,5-6,10-11,15,20-22H2,1-4H3,(H,39,43)/b40-24+/t33-,34+/m0/s1. The molecule has 3 N–H and O–H groups in total. The van der Waals surface area contributed by atoms with Gasteiger partial charge in [-0.2, -0.15) is 0 Å². The number of hydrogen-bond donors (Lipinski definition) is 3. The fraction of sp³-hybridized carbons (Fsp3) is 0.429. The van der Waals surface area contributed by atoms with Crippen LogP contribution in [0.1, 0.15) is 60.7 Å². The first-order valence-corrected chi connectivity index (χ1v) is 17.6. The summed E-state index contributed by atoms with van der Waals surface area (Å²) in [6.07, 6.45) is -0.0548. The highest BCUT2D eigenvalue weighted by molar-refractivity contribution is 7.92. The fourth-order valence-electron chi connectivity index (χ4n) is 5.32. The first kappa shape index (κ1) is 36.8. The Kier molecular flexibility index (Phi) is 12.9.